The molecular weight excluding hydrogens is 374 g/mol. The summed E-state index contributed by atoms with van der Waals surface area (Å²) >= 11 is 9.38. The van der Waals surface area contributed by atoms with Crippen LogP contribution in [-0.4, -0.2) is 12.4 Å². The van der Waals surface area contributed by atoms with Crippen molar-refractivity contribution >= 4 is 48.5 Å². The Balaban J connectivity index is 2.27. The molecule has 0 saturated carbocycles. The van der Waals surface area contributed by atoms with Gasteiger partial charge in [-0.1, -0.05) is 29.3 Å². The SMILES string of the molecule is Cc1ccc(S(=O)(=O)n2ccc3cc(Cl)cc(Br)c32)cc1. The van der Waals surface area contributed by atoms with E-state index in [0.717, 1.165) is 10.9 Å². The van der Waals surface area contributed by atoms with Crippen molar-refractivity contribution in [1.29, 1.82) is 0 Å². The van der Waals surface area contributed by atoms with Crippen LogP contribution in [0.2, 0.25) is 5.02 Å². The number of halogens is 2. The van der Waals surface area contributed by atoms with Gasteiger partial charge >= 0.3 is 0 Å². The molecule has 0 aliphatic carbocycles. The minimum Gasteiger partial charge on any atom is -0.240 e. The van der Waals surface area contributed by atoms with Gasteiger partial charge in [0.1, 0.15) is 0 Å². The first kappa shape index (κ1) is 14.6. The van der Waals surface area contributed by atoms with Crippen molar-refractivity contribution in [3.8, 4) is 0 Å². The van der Waals surface area contributed by atoms with Gasteiger partial charge in [0.25, 0.3) is 10.0 Å². The molecule has 0 saturated heterocycles. The van der Waals surface area contributed by atoms with Gasteiger partial charge in [-0.2, -0.15) is 0 Å². The van der Waals surface area contributed by atoms with Gasteiger partial charge in [-0.3, -0.25) is 0 Å². The maximum absolute atomic E-state index is 12.8. The monoisotopic (exact) mass is 383 g/mol. The average molecular weight is 385 g/mol. The molecule has 0 unspecified atom stereocenters. The quantitative estimate of drug-likeness (QED) is 0.647. The van der Waals surface area contributed by atoms with E-state index in [0.29, 0.717) is 15.0 Å². The number of hydrogen-bond donors (Lipinski definition) is 0. The van der Waals surface area contributed by atoms with Gasteiger partial charge in [0, 0.05) is 21.1 Å². The first-order chi connectivity index (χ1) is 9.89. The highest BCUT2D eigenvalue weighted by Crippen LogP contribution is 2.31. The highest BCUT2D eigenvalue weighted by molar-refractivity contribution is 9.10. The lowest BCUT2D eigenvalue weighted by Crippen LogP contribution is -2.12. The Bertz CT molecular complexity index is 930. The normalized spacial score (nSPS) is 12.0. The lowest BCUT2D eigenvalue weighted by atomic mass is 10.2. The number of nitrogens with zero attached hydrogens (tertiary/aromatic N) is 1. The average Bonchev–Trinajstić information content (AvgIpc) is 2.83. The summed E-state index contributed by atoms with van der Waals surface area (Å²) in [5.74, 6) is 0. The van der Waals surface area contributed by atoms with Crippen molar-refractivity contribution in [3.63, 3.8) is 0 Å². The Morgan fingerprint density at radius 2 is 1.76 bits per heavy atom. The van der Waals surface area contributed by atoms with E-state index in [2.05, 4.69) is 15.9 Å². The maximum Gasteiger partial charge on any atom is 0.268 e. The van der Waals surface area contributed by atoms with Crippen LogP contribution >= 0.6 is 27.5 Å². The number of benzene rings is 2. The molecule has 0 radical (unpaired) electrons. The van der Waals surface area contributed by atoms with Crippen LogP contribution in [0.5, 0.6) is 0 Å². The lowest BCUT2D eigenvalue weighted by molar-refractivity contribution is 0.589. The summed E-state index contributed by atoms with van der Waals surface area (Å²) in [5, 5.41) is 1.32. The molecule has 0 bridgehead atoms. The zero-order valence-corrected chi connectivity index (χ0v) is 14.2. The molecule has 1 heterocycles. The first-order valence-electron chi connectivity index (χ1n) is 6.18. The number of hydrogen-bond acceptors (Lipinski definition) is 2. The van der Waals surface area contributed by atoms with Crippen LogP contribution in [0.4, 0.5) is 0 Å². The highest BCUT2D eigenvalue weighted by Gasteiger charge is 2.20. The summed E-state index contributed by atoms with van der Waals surface area (Å²) in [6.07, 6.45) is 1.54. The third-order valence-electron chi connectivity index (χ3n) is 3.25. The van der Waals surface area contributed by atoms with Crippen molar-refractivity contribution in [3.05, 3.63) is 63.7 Å². The topological polar surface area (TPSA) is 39.1 Å². The number of aryl methyl sites for hydroxylation is 1. The number of fused-ring (bicyclic) bond motifs is 1. The van der Waals surface area contributed by atoms with Gasteiger partial charge in [-0.15, -0.1) is 0 Å². The number of rotatable bonds is 2. The summed E-state index contributed by atoms with van der Waals surface area (Å²) in [4.78, 5) is 0.257. The van der Waals surface area contributed by atoms with Gasteiger partial charge < -0.3 is 0 Å². The predicted molar refractivity (Wildman–Crippen MR) is 88.4 cm³/mol. The molecule has 0 spiro atoms. The molecule has 0 amide bonds. The summed E-state index contributed by atoms with van der Waals surface area (Å²) in [7, 11) is -3.63. The zero-order valence-electron chi connectivity index (χ0n) is 11.0. The van der Waals surface area contributed by atoms with E-state index in [9.17, 15) is 8.42 Å². The van der Waals surface area contributed by atoms with Crippen molar-refractivity contribution in [2.75, 3.05) is 0 Å². The minimum absolute atomic E-state index is 0.257. The second kappa shape index (κ2) is 5.16. The standard InChI is InChI=1S/C15H11BrClNO2S/c1-10-2-4-13(5-3-10)21(19,20)18-7-6-11-8-12(17)9-14(16)15(11)18/h2-9H,1H3. The van der Waals surface area contributed by atoms with Crippen LogP contribution in [0.15, 0.2) is 58.0 Å². The fourth-order valence-corrected chi connectivity index (χ4v) is 4.71. The Hall–Kier alpha value is -1.30. The van der Waals surface area contributed by atoms with Crippen LogP contribution in [0.25, 0.3) is 10.9 Å². The van der Waals surface area contributed by atoms with Crippen molar-refractivity contribution in [1.82, 2.24) is 3.97 Å². The molecular formula is C15H11BrClNO2S. The van der Waals surface area contributed by atoms with Crippen LogP contribution in [0, 0.1) is 6.92 Å². The Morgan fingerprint density at radius 1 is 1.10 bits per heavy atom. The summed E-state index contributed by atoms with van der Waals surface area (Å²) in [5.41, 5.74) is 1.60. The molecule has 108 valence electrons. The molecule has 21 heavy (non-hydrogen) atoms. The predicted octanol–water partition coefficient (Wildman–Crippen LogP) is 4.60. The van der Waals surface area contributed by atoms with Gasteiger partial charge in [-0.05, 0) is 53.2 Å². The molecule has 0 aliphatic heterocycles. The molecule has 0 atom stereocenters. The van der Waals surface area contributed by atoms with E-state index < -0.39 is 10.0 Å². The highest BCUT2D eigenvalue weighted by atomic mass is 79.9. The second-order valence-electron chi connectivity index (χ2n) is 4.76. The van der Waals surface area contributed by atoms with E-state index in [1.807, 2.05) is 6.92 Å². The van der Waals surface area contributed by atoms with Crippen LogP contribution in [0.3, 0.4) is 0 Å². The third kappa shape index (κ3) is 2.50. The van der Waals surface area contributed by atoms with Gasteiger partial charge in [0.15, 0.2) is 0 Å². The molecule has 3 nitrogen and oxygen atoms in total. The molecule has 2 aromatic carbocycles. The third-order valence-corrected chi connectivity index (χ3v) is 5.76. The molecule has 1 aromatic heterocycles. The summed E-state index contributed by atoms with van der Waals surface area (Å²) < 4.78 is 27.4. The summed E-state index contributed by atoms with van der Waals surface area (Å²) in [6.45, 7) is 1.92. The van der Waals surface area contributed by atoms with E-state index in [-0.39, 0.29) is 4.90 Å². The Morgan fingerprint density at radius 3 is 2.43 bits per heavy atom. The Labute approximate surface area is 136 Å². The van der Waals surface area contributed by atoms with E-state index >= 15 is 0 Å². The van der Waals surface area contributed by atoms with Gasteiger partial charge in [0.05, 0.1) is 10.4 Å². The Kier molecular flexibility index (Phi) is 3.59. The zero-order chi connectivity index (χ0) is 15.2. The van der Waals surface area contributed by atoms with Crippen LogP contribution < -0.4 is 0 Å². The van der Waals surface area contributed by atoms with Crippen LogP contribution in [-0.2, 0) is 10.0 Å². The second-order valence-corrected chi connectivity index (χ2v) is 7.86. The van der Waals surface area contributed by atoms with Crippen molar-refractivity contribution < 1.29 is 8.42 Å². The molecule has 0 fully saturated rings. The van der Waals surface area contributed by atoms with E-state index in [1.165, 1.54) is 3.97 Å². The van der Waals surface area contributed by atoms with Crippen molar-refractivity contribution in [2.24, 2.45) is 0 Å². The molecule has 0 aliphatic rings. The summed E-state index contributed by atoms with van der Waals surface area (Å²) in [6, 6.07) is 11.9. The molecule has 3 aromatic rings. The first-order valence-corrected chi connectivity index (χ1v) is 8.79. The van der Waals surface area contributed by atoms with E-state index in [4.69, 9.17) is 11.6 Å². The van der Waals surface area contributed by atoms with E-state index in [1.54, 1.807) is 48.7 Å². The smallest absolute Gasteiger partial charge is 0.240 e. The minimum atomic E-state index is -3.63. The van der Waals surface area contributed by atoms with Gasteiger partial charge in [0.2, 0.25) is 0 Å². The maximum atomic E-state index is 12.8. The molecule has 0 N–H and O–H groups in total. The fourth-order valence-electron chi connectivity index (χ4n) is 2.19. The van der Waals surface area contributed by atoms with Crippen molar-refractivity contribution in [2.45, 2.75) is 11.8 Å². The van der Waals surface area contributed by atoms with Gasteiger partial charge in [-0.25, -0.2) is 12.4 Å². The largest absolute Gasteiger partial charge is 0.268 e. The van der Waals surface area contributed by atoms with Crippen LogP contribution in [0.1, 0.15) is 5.56 Å². The fraction of sp³-hybridized carbons (Fsp3) is 0.0667. The molecule has 6 heteroatoms. The molecule has 3 rings (SSSR count). The number of aromatic nitrogens is 1. The lowest BCUT2D eigenvalue weighted by Gasteiger charge is -2.09.